The summed E-state index contributed by atoms with van der Waals surface area (Å²) in [7, 11) is 0. The van der Waals surface area contributed by atoms with Crippen molar-refractivity contribution in [2.24, 2.45) is 11.8 Å². The molecule has 0 heterocycles. The summed E-state index contributed by atoms with van der Waals surface area (Å²) < 4.78 is 0. The molecule has 1 heteroatoms. The van der Waals surface area contributed by atoms with Crippen molar-refractivity contribution in [1.82, 2.24) is 0 Å². The number of unbranched alkanes of at least 4 members (excludes halogenated alkanes) is 7. The van der Waals surface area contributed by atoms with Crippen molar-refractivity contribution in [2.45, 2.75) is 97.8 Å². The highest BCUT2D eigenvalue weighted by Crippen LogP contribution is 2.21. The Balaban J connectivity index is 3.43. The van der Waals surface area contributed by atoms with Gasteiger partial charge in [0.15, 0.2) is 0 Å². The maximum atomic E-state index is 8.99. The molecule has 22 heavy (non-hydrogen) atoms. The monoisotopic (exact) mass is 308 g/mol. The summed E-state index contributed by atoms with van der Waals surface area (Å²) in [6.45, 7) is 10.6. The zero-order valence-electron chi connectivity index (χ0n) is 15.4. The summed E-state index contributed by atoms with van der Waals surface area (Å²) in [5.74, 6) is 2.01. The normalized spacial score (nSPS) is 14.3. The smallest absolute Gasteiger partial charge is 0.0851 e. The van der Waals surface area contributed by atoms with Gasteiger partial charge in [0.1, 0.15) is 0 Å². The van der Waals surface area contributed by atoms with Gasteiger partial charge in [0, 0.05) is 6.42 Å². The van der Waals surface area contributed by atoms with Gasteiger partial charge < -0.3 is 5.11 Å². The van der Waals surface area contributed by atoms with E-state index in [0.717, 1.165) is 24.7 Å². The molecule has 0 bridgehead atoms. The van der Waals surface area contributed by atoms with E-state index < -0.39 is 0 Å². The molecule has 0 saturated heterocycles. The SMILES string of the molecule is C=C(O)CCCCCCC/C=C\C[C@H](C)[C@H](C)CCCCC. The van der Waals surface area contributed by atoms with Crippen LogP contribution in [0.15, 0.2) is 24.5 Å². The molecule has 0 fully saturated rings. The quantitative estimate of drug-likeness (QED) is 0.188. The third-order valence-electron chi connectivity index (χ3n) is 4.75. The predicted octanol–water partition coefficient (Wildman–Crippen LogP) is 7.59. The Kier molecular flexibility index (Phi) is 14.7. The Labute approximate surface area is 139 Å². The average Bonchev–Trinajstić information content (AvgIpc) is 2.48. The van der Waals surface area contributed by atoms with Crippen LogP contribution in [-0.2, 0) is 0 Å². The van der Waals surface area contributed by atoms with Crippen LogP contribution in [0.4, 0.5) is 0 Å². The standard InChI is InChI=1S/C21H40O/c1-5-6-13-16-19(2)20(3)17-14-11-9-7-8-10-12-15-18-21(4)22/h11,14,19-20,22H,4-10,12-13,15-18H2,1-3H3/b14-11-/t19-,20+/m1/s1. The van der Waals surface area contributed by atoms with Crippen LogP contribution < -0.4 is 0 Å². The van der Waals surface area contributed by atoms with E-state index in [1.807, 2.05) is 0 Å². The van der Waals surface area contributed by atoms with Crippen LogP contribution >= 0.6 is 0 Å². The van der Waals surface area contributed by atoms with E-state index in [1.165, 1.54) is 64.2 Å². The van der Waals surface area contributed by atoms with E-state index in [1.54, 1.807) is 0 Å². The molecule has 0 saturated carbocycles. The van der Waals surface area contributed by atoms with Gasteiger partial charge in [-0.15, -0.1) is 0 Å². The van der Waals surface area contributed by atoms with Crippen LogP contribution in [0.3, 0.4) is 0 Å². The summed E-state index contributed by atoms with van der Waals surface area (Å²) in [4.78, 5) is 0. The Morgan fingerprint density at radius 1 is 0.909 bits per heavy atom. The second-order valence-electron chi connectivity index (χ2n) is 7.03. The highest BCUT2D eigenvalue weighted by Gasteiger charge is 2.09. The van der Waals surface area contributed by atoms with Gasteiger partial charge in [-0.2, -0.15) is 0 Å². The summed E-state index contributed by atoms with van der Waals surface area (Å²) in [6.07, 6.45) is 19.7. The molecule has 0 aliphatic heterocycles. The first-order valence-electron chi connectivity index (χ1n) is 9.59. The predicted molar refractivity (Wildman–Crippen MR) is 100 cm³/mol. The summed E-state index contributed by atoms with van der Waals surface area (Å²) in [5, 5.41) is 8.99. The van der Waals surface area contributed by atoms with Crippen molar-refractivity contribution in [1.29, 1.82) is 0 Å². The molecule has 0 aromatic carbocycles. The second-order valence-corrected chi connectivity index (χ2v) is 7.03. The van der Waals surface area contributed by atoms with Gasteiger partial charge in [-0.1, -0.05) is 84.4 Å². The topological polar surface area (TPSA) is 20.2 Å². The highest BCUT2D eigenvalue weighted by atomic mass is 16.3. The van der Waals surface area contributed by atoms with Gasteiger partial charge in [0.2, 0.25) is 0 Å². The first-order valence-corrected chi connectivity index (χ1v) is 9.59. The van der Waals surface area contributed by atoms with E-state index in [2.05, 4.69) is 39.5 Å². The minimum absolute atomic E-state index is 0.334. The molecular formula is C21H40O. The summed E-state index contributed by atoms with van der Waals surface area (Å²) >= 11 is 0. The van der Waals surface area contributed by atoms with Crippen molar-refractivity contribution >= 4 is 0 Å². The molecule has 1 N–H and O–H groups in total. The summed E-state index contributed by atoms with van der Waals surface area (Å²) in [5.41, 5.74) is 0. The first kappa shape index (κ1) is 21.3. The van der Waals surface area contributed by atoms with Crippen LogP contribution in [0.5, 0.6) is 0 Å². The molecule has 0 amide bonds. The molecule has 0 unspecified atom stereocenters. The molecule has 0 aliphatic carbocycles. The molecule has 2 atom stereocenters. The number of aliphatic hydroxyl groups is 1. The Morgan fingerprint density at radius 3 is 2.27 bits per heavy atom. The van der Waals surface area contributed by atoms with Gasteiger partial charge in [0.05, 0.1) is 5.76 Å². The van der Waals surface area contributed by atoms with Crippen molar-refractivity contribution in [3.05, 3.63) is 24.5 Å². The Bertz CT molecular complexity index is 280. The molecule has 0 aromatic heterocycles. The van der Waals surface area contributed by atoms with Crippen molar-refractivity contribution in [2.75, 3.05) is 0 Å². The zero-order chi connectivity index (χ0) is 16.6. The molecule has 0 aliphatic rings. The fraction of sp³-hybridized carbons (Fsp3) is 0.810. The van der Waals surface area contributed by atoms with Gasteiger partial charge in [-0.25, -0.2) is 0 Å². The molecule has 130 valence electrons. The molecular weight excluding hydrogens is 268 g/mol. The number of hydrogen-bond donors (Lipinski definition) is 1. The molecule has 0 rings (SSSR count). The van der Waals surface area contributed by atoms with Crippen LogP contribution in [0.25, 0.3) is 0 Å². The van der Waals surface area contributed by atoms with Crippen LogP contribution in [0.1, 0.15) is 97.8 Å². The van der Waals surface area contributed by atoms with Crippen LogP contribution in [-0.4, -0.2) is 5.11 Å². The van der Waals surface area contributed by atoms with Crippen molar-refractivity contribution in [3.8, 4) is 0 Å². The Hall–Kier alpha value is -0.720. The van der Waals surface area contributed by atoms with E-state index in [4.69, 9.17) is 5.11 Å². The van der Waals surface area contributed by atoms with Gasteiger partial charge >= 0.3 is 0 Å². The first-order chi connectivity index (χ1) is 10.6. The fourth-order valence-electron chi connectivity index (χ4n) is 2.78. The number of allylic oxidation sites excluding steroid dienone is 3. The second kappa shape index (κ2) is 15.2. The van der Waals surface area contributed by atoms with E-state index in [9.17, 15) is 0 Å². The lowest BCUT2D eigenvalue weighted by Gasteiger charge is -2.18. The molecule has 0 spiro atoms. The average molecular weight is 309 g/mol. The third kappa shape index (κ3) is 14.2. The minimum Gasteiger partial charge on any atom is -0.513 e. The van der Waals surface area contributed by atoms with Crippen molar-refractivity contribution in [3.63, 3.8) is 0 Å². The van der Waals surface area contributed by atoms with Gasteiger partial charge in [0.25, 0.3) is 0 Å². The van der Waals surface area contributed by atoms with Crippen LogP contribution in [0.2, 0.25) is 0 Å². The third-order valence-corrected chi connectivity index (χ3v) is 4.75. The molecule has 0 aromatic rings. The largest absolute Gasteiger partial charge is 0.513 e. The Morgan fingerprint density at radius 2 is 1.59 bits per heavy atom. The highest BCUT2D eigenvalue weighted by molar-refractivity contribution is 4.84. The minimum atomic E-state index is 0.334. The van der Waals surface area contributed by atoms with E-state index in [-0.39, 0.29) is 0 Å². The number of aliphatic hydroxyl groups excluding tert-OH is 1. The maximum absolute atomic E-state index is 8.99. The van der Waals surface area contributed by atoms with Gasteiger partial charge in [-0.05, 0) is 37.5 Å². The van der Waals surface area contributed by atoms with E-state index in [0.29, 0.717) is 5.76 Å². The number of hydrogen-bond acceptors (Lipinski definition) is 1. The molecule has 1 nitrogen and oxygen atoms in total. The molecule has 0 radical (unpaired) electrons. The zero-order valence-corrected chi connectivity index (χ0v) is 15.4. The lowest BCUT2D eigenvalue weighted by atomic mass is 9.88. The van der Waals surface area contributed by atoms with Gasteiger partial charge in [-0.3, -0.25) is 0 Å². The van der Waals surface area contributed by atoms with Crippen molar-refractivity contribution < 1.29 is 5.11 Å². The lowest BCUT2D eigenvalue weighted by molar-refractivity contribution is 0.355. The number of rotatable bonds is 15. The fourth-order valence-corrected chi connectivity index (χ4v) is 2.78. The lowest BCUT2D eigenvalue weighted by Crippen LogP contribution is -2.06. The summed E-state index contributed by atoms with van der Waals surface area (Å²) in [6, 6.07) is 0. The van der Waals surface area contributed by atoms with Crippen LogP contribution in [0, 0.1) is 11.8 Å². The van der Waals surface area contributed by atoms with E-state index >= 15 is 0 Å². The maximum Gasteiger partial charge on any atom is 0.0851 e.